The van der Waals surface area contributed by atoms with Gasteiger partial charge < -0.3 is 5.32 Å². The first kappa shape index (κ1) is 19.6. The van der Waals surface area contributed by atoms with Crippen molar-refractivity contribution in [3.05, 3.63) is 112 Å². The highest BCUT2D eigenvalue weighted by atomic mass is 16.2. The lowest BCUT2D eigenvalue weighted by atomic mass is 9.88. The maximum atomic E-state index is 13.0. The second-order valence-corrected chi connectivity index (χ2v) is 7.44. The molecule has 0 aliphatic heterocycles. The molecule has 4 rings (SSSR count). The number of nitrogens with one attached hydrogen (secondary N) is 1. The Morgan fingerprint density at radius 2 is 1.53 bits per heavy atom. The number of carbonyl (C=O) groups excluding carboxylic acids is 1. The molecular formula is C25H23N3O2. The number of aryl methyl sites for hydroxylation is 2. The first-order chi connectivity index (χ1) is 14.5. The predicted octanol–water partition coefficient (Wildman–Crippen LogP) is 4.47. The van der Waals surface area contributed by atoms with E-state index in [1.54, 1.807) is 19.2 Å². The number of carbonyl (C=O) groups is 1. The third kappa shape index (κ3) is 4.01. The van der Waals surface area contributed by atoms with E-state index in [2.05, 4.69) is 10.3 Å². The fraction of sp³-hybridized carbons (Fsp3) is 0.160. The van der Waals surface area contributed by atoms with Crippen LogP contribution in [0.3, 0.4) is 0 Å². The molecule has 1 N–H and O–H groups in total. The molecule has 0 bridgehead atoms. The van der Waals surface area contributed by atoms with Crippen molar-refractivity contribution in [1.29, 1.82) is 0 Å². The standard InChI is InChI=1S/C25H23N3O2/c1-17-13-14-22-26-18(2)24(25(30)28(22)16-17)27-23(29)15-21(19-9-5-3-6-10-19)20-11-7-4-8-12-20/h3-14,16,21H,15H2,1-2H3,(H,27,29). The summed E-state index contributed by atoms with van der Waals surface area (Å²) in [6, 6.07) is 23.6. The summed E-state index contributed by atoms with van der Waals surface area (Å²) in [6.45, 7) is 3.65. The van der Waals surface area contributed by atoms with E-state index in [1.165, 1.54) is 4.40 Å². The van der Waals surface area contributed by atoms with Gasteiger partial charge in [-0.05, 0) is 36.6 Å². The Morgan fingerprint density at radius 3 is 2.13 bits per heavy atom. The fourth-order valence-corrected chi connectivity index (χ4v) is 3.67. The van der Waals surface area contributed by atoms with Crippen molar-refractivity contribution in [2.24, 2.45) is 0 Å². The summed E-state index contributed by atoms with van der Waals surface area (Å²) in [5, 5.41) is 2.83. The molecule has 0 saturated heterocycles. The van der Waals surface area contributed by atoms with Crippen LogP contribution < -0.4 is 10.9 Å². The Kier molecular flexibility index (Phi) is 5.44. The van der Waals surface area contributed by atoms with Gasteiger partial charge in [0.05, 0.1) is 5.69 Å². The monoisotopic (exact) mass is 397 g/mol. The minimum atomic E-state index is -0.273. The normalized spacial score (nSPS) is 11.0. The van der Waals surface area contributed by atoms with E-state index in [4.69, 9.17) is 0 Å². The maximum Gasteiger partial charge on any atom is 0.281 e. The van der Waals surface area contributed by atoms with E-state index in [0.717, 1.165) is 16.7 Å². The van der Waals surface area contributed by atoms with Crippen LogP contribution in [-0.2, 0) is 4.79 Å². The number of hydrogen-bond donors (Lipinski definition) is 1. The molecule has 0 spiro atoms. The van der Waals surface area contributed by atoms with Crippen LogP contribution in [0.15, 0.2) is 83.8 Å². The molecule has 4 aromatic rings. The van der Waals surface area contributed by atoms with Crippen molar-refractivity contribution >= 4 is 17.2 Å². The summed E-state index contributed by atoms with van der Waals surface area (Å²) in [4.78, 5) is 30.4. The van der Waals surface area contributed by atoms with Gasteiger partial charge >= 0.3 is 0 Å². The number of pyridine rings is 1. The number of anilines is 1. The number of hydrogen-bond acceptors (Lipinski definition) is 3. The van der Waals surface area contributed by atoms with E-state index in [1.807, 2.05) is 73.7 Å². The molecule has 2 aromatic carbocycles. The molecular weight excluding hydrogens is 374 g/mol. The van der Waals surface area contributed by atoms with E-state index in [0.29, 0.717) is 11.3 Å². The van der Waals surface area contributed by atoms with Gasteiger partial charge in [-0.15, -0.1) is 0 Å². The molecule has 5 nitrogen and oxygen atoms in total. The van der Waals surface area contributed by atoms with E-state index < -0.39 is 0 Å². The molecule has 5 heteroatoms. The average Bonchev–Trinajstić information content (AvgIpc) is 2.77. The highest BCUT2D eigenvalue weighted by Gasteiger charge is 2.20. The van der Waals surface area contributed by atoms with Crippen molar-refractivity contribution in [3.63, 3.8) is 0 Å². The van der Waals surface area contributed by atoms with Gasteiger partial charge in [-0.2, -0.15) is 0 Å². The summed E-state index contributed by atoms with van der Waals surface area (Å²) in [5.41, 5.74) is 4.08. The van der Waals surface area contributed by atoms with Crippen LogP contribution >= 0.6 is 0 Å². The van der Waals surface area contributed by atoms with Gasteiger partial charge in [-0.3, -0.25) is 14.0 Å². The third-order valence-electron chi connectivity index (χ3n) is 5.21. The molecule has 0 aliphatic carbocycles. The molecule has 0 radical (unpaired) electrons. The summed E-state index contributed by atoms with van der Waals surface area (Å²) >= 11 is 0. The molecule has 2 aromatic heterocycles. The zero-order valence-corrected chi connectivity index (χ0v) is 17.0. The number of fused-ring (bicyclic) bond motifs is 1. The van der Waals surface area contributed by atoms with Crippen LogP contribution in [0.1, 0.15) is 34.7 Å². The van der Waals surface area contributed by atoms with Crippen molar-refractivity contribution < 1.29 is 4.79 Å². The Balaban J connectivity index is 1.65. The zero-order valence-electron chi connectivity index (χ0n) is 17.0. The van der Waals surface area contributed by atoms with Crippen LogP contribution in [0.4, 0.5) is 5.69 Å². The molecule has 2 heterocycles. The van der Waals surface area contributed by atoms with Crippen molar-refractivity contribution in [3.8, 4) is 0 Å². The minimum absolute atomic E-state index is 0.105. The van der Waals surface area contributed by atoms with Crippen LogP contribution in [0.5, 0.6) is 0 Å². The largest absolute Gasteiger partial charge is 0.320 e. The Labute approximate surface area is 175 Å². The minimum Gasteiger partial charge on any atom is -0.320 e. The number of benzene rings is 2. The van der Waals surface area contributed by atoms with E-state index in [-0.39, 0.29) is 29.5 Å². The first-order valence-electron chi connectivity index (χ1n) is 9.92. The Hall–Kier alpha value is -3.73. The van der Waals surface area contributed by atoms with Crippen LogP contribution in [0.2, 0.25) is 0 Å². The smallest absolute Gasteiger partial charge is 0.281 e. The topological polar surface area (TPSA) is 63.5 Å². The molecule has 30 heavy (non-hydrogen) atoms. The summed E-state index contributed by atoms with van der Waals surface area (Å²) in [6.07, 6.45) is 1.96. The summed E-state index contributed by atoms with van der Waals surface area (Å²) < 4.78 is 1.48. The second kappa shape index (κ2) is 8.33. The first-order valence-corrected chi connectivity index (χ1v) is 9.92. The van der Waals surface area contributed by atoms with Gasteiger partial charge in [0.1, 0.15) is 11.3 Å². The number of amides is 1. The molecule has 0 unspecified atom stereocenters. The van der Waals surface area contributed by atoms with Crippen molar-refractivity contribution in [2.75, 3.05) is 5.32 Å². The van der Waals surface area contributed by atoms with Gasteiger partial charge in [-0.25, -0.2) is 4.98 Å². The molecule has 0 aliphatic rings. The van der Waals surface area contributed by atoms with E-state index >= 15 is 0 Å². The van der Waals surface area contributed by atoms with Crippen LogP contribution in [0.25, 0.3) is 5.65 Å². The van der Waals surface area contributed by atoms with Crippen LogP contribution in [-0.4, -0.2) is 15.3 Å². The Morgan fingerprint density at radius 1 is 0.933 bits per heavy atom. The summed E-state index contributed by atoms with van der Waals surface area (Å²) in [5.74, 6) is -0.326. The lowest BCUT2D eigenvalue weighted by molar-refractivity contribution is -0.116. The van der Waals surface area contributed by atoms with Gasteiger partial charge in [0.25, 0.3) is 5.56 Å². The van der Waals surface area contributed by atoms with Gasteiger partial charge in [0.15, 0.2) is 0 Å². The maximum absolute atomic E-state index is 13.0. The predicted molar refractivity (Wildman–Crippen MR) is 119 cm³/mol. The highest BCUT2D eigenvalue weighted by molar-refractivity contribution is 5.92. The third-order valence-corrected chi connectivity index (χ3v) is 5.21. The molecule has 1 amide bonds. The van der Waals surface area contributed by atoms with Crippen molar-refractivity contribution in [1.82, 2.24) is 9.38 Å². The number of rotatable bonds is 5. The lowest BCUT2D eigenvalue weighted by Gasteiger charge is -2.18. The fourth-order valence-electron chi connectivity index (χ4n) is 3.67. The second-order valence-electron chi connectivity index (χ2n) is 7.44. The van der Waals surface area contributed by atoms with Crippen molar-refractivity contribution in [2.45, 2.75) is 26.2 Å². The number of nitrogens with zero attached hydrogens (tertiary/aromatic N) is 2. The van der Waals surface area contributed by atoms with Gasteiger partial charge in [0, 0.05) is 18.5 Å². The van der Waals surface area contributed by atoms with Gasteiger partial charge in [-0.1, -0.05) is 66.7 Å². The Bertz CT molecular complexity index is 1210. The number of aromatic nitrogens is 2. The average molecular weight is 397 g/mol. The zero-order chi connectivity index (χ0) is 21.1. The van der Waals surface area contributed by atoms with E-state index in [9.17, 15) is 9.59 Å². The molecule has 150 valence electrons. The molecule has 0 fully saturated rings. The highest BCUT2D eigenvalue weighted by Crippen LogP contribution is 2.28. The quantitative estimate of drug-likeness (QED) is 0.540. The molecule has 0 saturated carbocycles. The summed E-state index contributed by atoms with van der Waals surface area (Å²) in [7, 11) is 0. The van der Waals surface area contributed by atoms with Gasteiger partial charge in [0.2, 0.25) is 5.91 Å². The van der Waals surface area contributed by atoms with Crippen LogP contribution in [0, 0.1) is 13.8 Å². The molecule has 0 atom stereocenters. The SMILES string of the molecule is Cc1ccc2nc(C)c(NC(=O)CC(c3ccccc3)c3ccccc3)c(=O)n2c1. The lowest BCUT2D eigenvalue weighted by Crippen LogP contribution is -2.26.